The zero-order chi connectivity index (χ0) is 31.1. The largest absolute Gasteiger partial charge is 0.468 e. The maximum absolute atomic E-state index is 13.0. The molecule has 12 nitrogen and oxygen atoms in total. The third-order valence-corrected chi connectivity index (χ3v) is 7.97. The third-order valence-electron chi connectivity index (χ3n) is 7.16. The van der Waals surface area contributed by atoms with E-state index in [9.17, 15) is 19.2 Å². The first-order chi connectivity index (χ1) is 21.2. The number of carbonyl (C=O) groups is 2. The zero-order valence-electron chi connectivity index (χ0n) is 23.2. The van der Waals surface area contributed by atoms with E-state index in [0.717, 1.165) is 0 Å². The molecule has 0 aliphatic carbocycles. The van der Waals surface area contributed by atoms with Crippen LogP contribution in [0.1, 0.15) is 0 Å². The van der Waals surface area contributed by atoms with Crippen LogP contribution in [0.25, 0.3) is 44.4 Å². The highest BCUT2D eigenvalue weighted by molar-refractivity contribution is 6.39. The van der Waals surface area contributed by atoms with Gasteiger partial charge in [-0.25, -0.2) is 9.03 Å². The Morgan fingerprint density at radius 3 is 1.45 bits per heavy atom. The lowest BCUT2D eigenvalue weighted by molar-refractivity contribution is -0.142. The summed E-state index contributed by atoms with van der Waals surface area (Å²) in [6.07, 6.45) is 5.90. The van der Waals surface area contributed by atoms with Gasteiger partial charge in [0.15, 0.2) is 0 Å². The molecule has 222 valence electrons. The lowest BCUT2D eigenvalue weighted by atomic mass is 9.97. The van der Waals surface area contributed by atoms with Crippen molar-refractivity contribution in [2.75, 3.05) is 14.2 Å². The number of fused-ring (bicyclic) bond motifs is 2. The van der Waals surface area contributed by atoms with Gasteiger partial charge in [0.25, 0.3) is 11.1 Å². The van der Waals surface area contributed by atoms with Gasteiger partial charge in [-0.1, -0.05) is 59.6 Å². The Balaban J connectivity index is 1.40. The average molecular weight is 633 g/mol. The summed E-state index contributed by atoms with van der Waals surface area (Å²) in [5.41, 5.74) is 3.53. The van der Waals surface area contributed by atoms with Gasteiger partial charge >= 0.3 is 11.9 Å². The number of carbonyl (C=O) groups excluding carboxylic acids is 2. The summed E-state index contributed by atoms with van der Waals surface area (Å²) < 4.78 is 14.5. The van der Waals surface area contributed by atoms with E-state index in [-0.39, 0.29) is 24.1 Å². The van der Waals surface area contributed by atoms with Gasteiger partial charge in [-0.05, 0) is 12.1 Å². The summed E-state index contributed by atoms with van der Waals surface area (Å²) in [4.78, 5) is 49.3. The maximum atomic E-state index is 13.0. The monoisotopic (exact) mass is 632 g/mol. The van der Waals surface area contributed by atoms with Crippen molar-refractivity contribution in [1.29, 1.82) is 0 Å². The molecule has 6 rings (SSSR count). The van der Waals surface area contributed by atoms with E-state index in [0.29, 0.717) is 43.4 Å². The number of halogens is 2. The number of aromatic nitrogens is 6. The van der Waals surface area contributed by atoms with Crippen LogP contribution >= 0.6 is 23.2 Å². The molecule has 4 heterocycles. The number of nitrogens with zero attached hydrogens (tertiary/aromatic N) is 6. The number of benzene rings is 2. The maximum Gasteiger partial charge on any atom is 0.325 e. The molecule has 0 bridgehead atoms. The lowest BCUT2D eigenvalue weighted by Gasteiger charge is -2.13. The fraction of sp³-hybridized carbons (Fsp3) is 0.133. The van der Waals surface area contributed by atoms with Crippen LogP contribution in [0.4, 0.5) is 0 Å². The van der Waals surface area contributed by atoms with Crippen LogP contribution in [0.15, 0.2) is 83.2 Å². The van der Waals surface area contributed by atoms with Gasteiger partial charge < -0.3 is 9.47 Å². The number of hydrogen-bond acceptors (Lipinski definition) is 8. The first-order valence-electron chi connectivity index (χ1n) is 13.1. The van der Waals surface area contributed by atoms with Crippen molar-refractivity contribution < 1.29 is 19.1 Å². The number of hydrogen-bond donors (Lipinski definition) is 0. The molecule has 4 aromatic heterocycles. The molecule has 44 heavy (non-hydrogen) atoms. The number of rotatable bonds is 7. The molecular formula is C30H22Cl2N6O6. The molecule has 0 spiro atoms. The smallest absolute Gasteiger partial charge is 0.325 e. The standard InChI is InChI=1S/C30H22Cl2N6O6/c1-43-25(39)13-35-15-33-37-11-17(9-23(37)29(35)41)19-5-3-7-21(27(19)31)22-8-4-6-20(28(22)32)18-10-24-30(42)36(14-26(40)44-2)16-34-38(24)12-18/h3-12,15-16H,13-14H2,1-2H3. The summed E-state index contributed by atoms with van der Waals surface area (Å²) in [5.74, 6) is -1.14. The van der Waals surface area contributed by atoms with Gasteiger partial charge in [0.2, 0.25) is 0 Å². The van der Waals surface area contributed by atoms with Crippen molar-refractivity contribution in [3.05, 3.63) is 104 Å². The molecule has 0 atom stereocenters. The fourth-order valence-corrected chi connectivity index (χ4v) is 5.58. The van der Waals surface area contributed by atoms with E-state index in [1.807, 2.05) is 36.4 Å². The average Bonchev–Trinajstić information content (AvgIpc) is 3.66. The number of ether oxygens (including phenoxy) is 2. The van der Waals surface area contributed by atoms with Gasteiger partial charge in [0.1, 0.15) is 36.8 Å². The van der Waals surface area contributed by atoms with Crippen molar-refractivity contribution >= 4 is 46.2 Å². The van der Waals surface area contributed by atoms with E-state index in [1.165, 1.54) is 45.0 Å². The van der Waals surface area contributed by atoms with Crippen LogP contribution in [-0.4, -0.2) is 54.5 Å². The second-order valence-electron chi connectivity index (χ2n) is 9.73. The second-order valence-corrected chi connectivity index (χ2v) is 10.5. The highest BCUT2D eigenvalue weighted by atomic mass is 35.5. The van der Waals surface area contributed by atoms with Crippen LogP contribution in [0.5, 0.6) is 0 Å². The Bertz CT molecular complexity index is 2070. The van der Waals surface area contributed by atoms with E-state index in [4.69, 9.17) is 23.2 Å². The third kappa shape index (κ3) is 5.03. The number of esters is 2. The number of methoxy groups -OCH3 is 2. The van der Waals surface area contributed by atoms with Crippen LogP contribution < -0.4 is 11.1 Å². The Morgan fingerprint density at radius 1 is 0.682 bits per heavy atom. The Morgan fingerprint density at radius 2 is 1.07 bits per heavy atom. The predicted octanol–water partition coefficient (Wildman–Crippen LogP) is 3.96. The Labute approximate surface area is 258 Å². The van der Waals surface area contributed by atoms with Crippen LogP contribution in [0, 0.1) is 0 Å². The molecule has 0 saturated carbocycles. The molecule has 0 unspecified atom stereocenters. The highest BCUT2D eigenvalue weighted by Crippen LogP contribution is 2.42. The molecule has 0 fully saturated rings. The zero-order valence-corrected chi connectivity index (χ0v) is 24.7. The Hall–Kier alpha value is -5.20. The SMILES string of the molecule is COC(=O)Cn1cnn2cc(-c3cccc(-c4cccc(-c5cc6c(=O)n(CC(=O)OC)cnn6c5)c4Cl)c3Cl)cc2c1=O. The minimum atomic E-state index is -0.569. The van der Waals surface area contributed by atoms with Crippen molar-refractivity contribution in [2.24, 2.45) is 0 Å². The molecule has 0 amide bonds. The van der Waals surface area contributed by atoms with Crippen molar-refractivity contribution in [1.82, 2.24) is 28.4 Å². The van der Waals surface area contributed by atoms with Gasteiger partial charge in [0.05, 0.1) is 24.3 Å². The molecule has 0 saturated heterocycles. The predicted molar refractivity (Wildman–Crippen MR) is 163 cm³/mol. The molecule has 0 radical (unpaired) electrons. The van der Waals surface area contributed by atoms with Crippen molar-refractivity contribution in [2.45, 2.75) is 13.1 Å². The summed E-state index contributed by atoms with van der Waals surface area (Å²) in [6, 6.07) is 14.2. The molecule has 6 aromatic rings. The van der Waals surface area contributed by atoms with E-state index in [2.05, 4.69) is 19.7 Å². The first kappa shape index (κ1) is 28.9. The molecule has 0 aliphatic rings. The Kier molecular flexibility index (Phi) is 7.53. The molecular weight excluding hydrogens is 611 g/mol. The summed E-state index contributed by atoms with van der Waals surface area (Å²) in [5, 5.41) is 9.28. The second kappa shape index (κ2) is 11.5. The first-order valence-corrected chi connectivity index (χ1v) is 13.8. The minimum absolute atomic E-state index is 0.257. The minimum Gasteiger partial charge on any atom is -0.468 e. The topological polar surface area (TPSA) is 131 Å². The quantitative estimate of drug-likeness (QED) is 0.242. The van der Waals surface area contributed by atoms with Gasteiger partial charge in [0, 0.05) is 45.8 Å². The lowest BCUT2D eigenvalue weighted by Crippen LogP contribution is -2.26. The van der Waals surface area contributed by atoms with Crippen LogP contribution in [0.2, 0.25) is 10.0 Å². The van der Waals surface area contributed by atoms with E-state index >= 15 is 0 Å². The van der Waals surface area contributed by atoms with Crippen LogP contribution in [-0.2, 0) is 32.2 Å². The summed E-state index contributed by atoms with van der Waals surface area (Å²) >= 11 is 13.9. The molecule has 0 N–H and O–H groups in total. The van der Waals surface area contributed by atoms with Crippen LogP contribution in [0.3, 0.4) is 0 Å². The van der Waals surface area contributed by atoms with Gasteiger partial charge in [-0.3, -0.25) is 28.3 Å². The highest BCUT2D eigenvalue weighted by Gasteiger charge is 2.19. The van der Waals surface area contributed by atoms with E-state index in [1.54, 1.807) is 24.5 Å². The summed E-state index contributed by atoms with van der Waals surface area (Å²) in [7, 11) is 2.49. The molecule has 14 heteroatoms. The van der Waals surface area contributed by atoms with E-state index < -0.39 is 23.1 Å². The summed E-state index contributed by atoms with van der Waals surface area (Å²) in [6.45, 7) is -0.525. The molecule has 2 aromatic carbocycles. The van der Waals surface area contributed by atoms with Crippen molar-refractivity contribution in [3.8, 4) is 33.4 Å². The van der Waals surface area contributed by atoms with Gasteiger partial charge in [-0.15, -0.1) is 0 Å². The molecule has 0 aliphatic heterocycles. The van der Waals surface area contributed by atoms with Gasteiger partial charge in [-0.2, -0.15) is 10.2 Å². The normalized spacial score (nSPS) is 11.3. The van der Waals surface area contributed by atoms with Crippen molar-refractivity contribution in [3.63, 3.8) is 0 Å². The fourth-order valence-electron chi connectivity index (χ4n) is 4.90.